The molecule has 2 unspecified atom stereocenters. The largest absolute Gasteiger partial charge is 0.444 e. The van der Waals surface area contributed by atoms with E-state index in [0.717, 1.165) is 13.1 Å². The standard InChI is InChI=1S/C13H26N2O4S/c1-11(10-18-20(5)17)14-6-8-15(9-7-14)12(16)19-13(2,3)4/h11H,6-10H2,1-5H3. The lowest BCUT2D eigenvalue weighted by atomic mass is 10.2. The lowest BCUT2D eigenvalue weighted by molar-refractivity contribution is 0.00917. The molecule has 0 spiro atoms. The molecule has 1 heterocycles. The van der Waals surface area contributed by atoms with Gasteiger partial charge in [-0.15, -0.1) is 0 Å². The minimum atomic E-state index is -1.23. The first-order valence-electron chi connectivity index (χ1n) is 6.87. The van der Waals surface area contributed by atoms with Crippen LogP contribution in [0.4, 0.5) is 4.79 Å². The van der Waals surface area contributed by atoms with Crippen molar-refractivity contribution in [3.8, 4) is 0 Å². The highest BCUT2D eigenvalue weighted by Gasteiger charge is 2.27. The third kappa shape index (κ3) is 6.19. The molecule has 118 valence electrons. The van der Waals surface area contributed by atoms with Crippen molar-refractivity contribution in [1.82, 2.24) is 9.80 Å². The van der Waals surface area contributed by atoms with E-state index in [2.05, 4.69) is 4.90 Å². The summed E-state index contributed by atoms with van der Waals surface area (Å²) in [5.74, 6) is 0. The number of rotatable bonds is 4. The Bertz CT molecular complexity index is 349. The number of amides is 1. The highest BCUT2D eigenvalue weighted by molar-refractivity contribution is 7.79. The average Bonchev–Trinajstić information content (AvgIpc) is 2.34. The predicted octanol–water partition coefficient (Wildman–Crippen LogP) is 1.24. The van der Waals surface area contributed by atoms with E-state index in [1.165, 1.54) is 6.26 Å². The van der Waals surface area contributed by atoms with Crippen LogP contribution in [0.2, 0.25) is 0 Å². The molecule has 6 nitrogen and oxygen atoms in total. The van der Waals surface area contributed by atoms with Gasteiger partial charge in [0.25, 0.3) is 0 Å². The highest BCUT2D eigenvalue weighted by Crippen LogP contribution is 2.13. The third-order valence-electron chi connectivity index (χ3n) is 3.06. The maximum absolute atomic E-state index is 11.9. The van der Waals surface area contributed by atoms with Gasteiger partial charge >= 0.3 is 6.09 Å². The molecule has 0 aliphatic carbocycles. The Hall–Kier alpha value is -0.660. The lowest BCUT2D eigenvalue weighted by Crippen LogP contribution is -2.53. The molecule has 0 aromatic heterocycles. The molecule has 1 aliphatic heterocycles. The van der Waals surface area contributed by atoms with Crippen LogP contribution in [0.3, 0.4) is 0 Å². The zero-order valence-corrected chi connectivity index (χ0v) is 13.9. The van der Waals surface area contributed by atoms with E-state index in [-0.39, 0.29) is 12.1 Å². The van der Waals surface area contributed by atoms with Gasteiger partial charge in [-0.05, 0) is 27.7 Å². The Balaban J connectivity index is 2.36. The van der Waals surface area contributed by atoms with E-state index in [1.807, 2.05) is 27.7 Å². The van der Waals surface area contributed by atoms with Crippen molar-refractivity contribution in [2.75, 3.05) is 39.0 Å². The molecule has 1 fully saturated rings. The fourth-order valence-electron chi connectivity index (χ4n) is 1.97. The zero-order valence-electron chi connectivity index (χ0n) is 13.0. The van der Waals surface area contributed by atoms with Crippen LogP contribution < -0.4 is 0 Å². The van der Waals surface area contributed by atoms with Gasteiger partial charge in [0, 0.05) is 38.5 Å². The van der Waals surface area contributed by atoms with Gasteiger partial charge in [-0.3, -0.25) is 9.08 Å². The van der Waals surface area contributed by atoms with Gasteiger partial charge in [0.15, 0.2) is 11.1 Å². The second-order valence-electron chi connectivity index (χ2n) is 6.04. The summed E-state index contributed by atoms with van der Waals surface area (Å²) in [6, 6.07) is 0.194. The number of carbonyl (C=O) groups is 1. The second-order valence-corrected chi connectivity index (χ2v) is 7.08. The van der Waals surface area contributed by atoms with Crippen LogP contribution in [-0.2, 0) is 20.0 Å². The van der Waals surface area contributed by atoms with Crippen LogP contribution in [0.25, 0.3) is 0 Å². The summed E-state index contributed by atoms with van der Waals surface area (Å²) in [4.78, 5) is 15.9. The van der Waals surface area contributed by atoms with E-state index < -0.39 is 16.7 Å². The monoisotopic (exact) mass is 306 g/mol. The van der Waals surface area contributed by atoms with E-state index >= 15 is 0 Å². The van der Waals surface area contributed by atoms with Gasteiger partial charge in [0.1, 0.15) is 5.60 Å². The summed E-state index contributed by atoms with van der Waals surface area (Å²) in [6.07, 6.45) is 1.27. The Morgan fingerprint density at radius 3 is 2.25 bits per heavy atom. The zero-order chi connectivity index (χ0) is 15.3. The maximum atomic E-state index is 11.9. The molecule has 0 aromatic carbocycles. The Morgan fingerprint density at radius 2 is 1.80 bits per heavy atom. The lowest BCUT2D eigenvalue weighted by Gasteiger charge is -2.38. The number of hydrogen-bond donors (Lipinski definition) is 0. The summed E-state index contributed by atoms with van der Waals surface area (Å²) in [6.45, 7) is 10.9. The van der Waals surface area contributed by atoms with Gasteiger partial charge in [0.05, 0.1) is 6.61 Å². The molecule has 7 heteroatoms. The highest BCUT2D eigenvalue weighted by atomic mass is 32.2. The smallest absolute Gasteiger partial charge is 0.410 e. The molecular weight excluding hydrogens is 280 g/mol. The van der Waals surface area contributed by atoms with Crippen molar-refractivity contribution in [2.45, 2.75) is 39.3 Å². The number of nitrogens with zero attached hydrogens (tertiary/aromatic N) is 2. The normalized spacial score (nSPS) is 20.6. The van der Waals surface area contributed by atoms with E-state index in [9.17, 15) is 9.00 Å². The molecular formula is C13H26N2O4S. The van der Waals surface area contributed by atoms with Gasteiger partial charge in [0.2, 0.25) is 0 Å². The summed E-state index contributed by atoms with van der Waals surface area (Å²) >= 11 is -1.23. The Kier molecular flexibility index (Phi) is 6.42. The molecule has 0 bridgehead atoms. The number of hydrogen-bond acceptors (Lipinski definition) is 5. The van der Waals surface area contributed by atoms with Gasteiger partial charge < -0.3 is 9.64 Å². The molecule has 0 saturated carbocycles. The molecule has 0 aromatic rings. The molecule has 1 rings (SSSR count). The summed E-state index contributed by atoms with van der Waals surface area (Å²) in [5, 5.41) is 0. The summed E-state index contributed by atoms with van der Waals surface area (Å²) in [7, 11) is 0. The van der Waals surface area contributed by atoms with Crippen LogP contribution in [0.15, 0.2) is 0 Å². The van der Waals surface area contributed by atoms with Crippen molar-refractivity contribution >= 4 is 17.2 Å². The molecule has 20 heavy (non-hydrogen) atoms. The van der Waals surface area contributed by atoms with Crippen LogP contribution in [0.5, 0.6) is 0 Å². The van der Waals surface area contributed by atoms with E-state index in [4.69, 9.17) is 8.92 Å². The van der Waals surface area contributed by atoms with Gasteiger partial charge in [-0.1, -0.05) is 0 Å². The number of piperazine rings is 1. The minimum absolute atomic E-state index is 0.194. The summed E-state index contributed by atoms with van der Waals surface area (Å²) in [5.41, 5.74) is -0.458. The SMILES string of the molecule is CC(COS(C)=O)N1CCN(C(=O)OC(C)(C)C)CC1. The Labute approximate surface area is 124 Å². The van der Waals surface area contributed by atoms with Crippen molar-refractivity contribution in [3.05, 3.63) is 0 Å². The van der Waals surface area contributed by atoms with Crippen LogP contribution >= 0.6 is 0 Å². The molecule has 0 radical (unpaired) electrons. The quantitative estimate of drug-likeness (QED) is 0.782. The maximum Gasteiger partial charge on any atom is 0.410 e. The molecule has 0 N–H and O–H groups in total. The fraction of sp³-hybridized carbons (Fsp3) is 0.923. The van der Waals surface area contributed by atoms with Gasteiger partial charge in [-0.25, -0.2) is 9.00 Å². The topological polar surface area (TPSA) is 59.1 Å². The fourth-order valence-corrected chi connectivity index (χ4v) is 2.36. The number of ether oxygens (including phenoxy) is 1. The first-order valence-corrected chi connectivity index (χ1v) is 8.36. The van der Waals surface area contributed by atoms with Crippen LogP contribution in [-0.4, -0.2) is 70.8 Å². The minimum Gasteiger partial charge on any atom is -0.444 e. The van der Waals surface area contributed by atoms with Crippen LogP contribution in [0, 0.1) is 0 Å². The molecule has 2 atom stereocenters. The van der Waals surface area contributed by atoms with Crippen LogP contribution in [0.1, 0.15) is 27.7 Å². The van der Waals surface area contributed by atoms with Gasteiger partial charge in [-0.2, -0.15) is 0 Å². The molecule has 1 saturated heterocycles. The van der Waals surface area contributed by atoms with Crippen molar-refractivity contribution < 1.29 is 17.9 Å². The van der Waals surface area contributed by atoms with E-state index in [0.29, 0.717) is 19.7 Å². The molecule has 1 aliphatic rings. The first-order chi connectivity index (χ1) is 9.19. The number of carbonyl (C=O) groups excluding carboxylic acids is 1. The first kappa shape index (κ1) is 17.4. The Morgan fingerprint density at radius 1 is 1.25 bits per heavy atom. The van der Waals surface area contributed by atoms with Crippen molar-refractivity contribution in [3.63, 3.8) is 0 Å². The van der Waals surface area contributed by atoms with Crippen molar-refractivity contribution in [2.24, 2.45) is 0 Å². The predicted molar refractivity (Wildman–Crippen MR) is 78.9 cm³/mol. The average molecular weight is 306 g/mol. The second kappa shape index (κ2) is 7.38. The summed E-state index contributed by atoms with van der Waals surface area (Å²) < 4.78 is 21.4. The third-order valence-corrected chi connectivity index (χ3v) is 3.53. The van der Waals surface area contributed by atoms with Crippen molar-refractivity contribution in [1.29, 1.82) is 0 Å². The van der Waals surface area contributed by atoms with E-state index in [1.54, 1.807) is 4.90 Å². The molecule has 1 amide bonds.